The van der Waals surface area contributed by atoms with E-state index < -0.39 is 15.1 Å². The van der Waals surface area contributed by atoms with Gasteiger partial charge in [0.15, 0.2) is 0 Å². The fourth-order valence-electron chi connectivity index (χ4n) is 3.08. The number of amides is 1. The normalized spacial score (nSPS) is 15.1. The third-order valence-corrected chi connectivity index (χ3v) is 6.79. The van der Waals surface area contributed by atoms with Crippen molar-refractivity contribution in [2.75, 3.05) is 13.1 Å². The van der Waals surface area contributed by atoms with Gasteiger partial charge in [-0.1, -0.05) is 12.1 Å². The van der Waals surface area contributed by atoms with Crippen molar-refractivity contribution >= 4 is 26.6 Å². The SMILES string of the molecule is Cn1ccnc1S(=O)(=O)C1CN(C(=O)Cn2cnc3ccccc3c2=O)C1. The molecule has 1 aliphatic rings. The molecule has 0 spiro atoms. The van der Waals surface area contributed by atoms with E-state index in [1.807, 2.05) is 0 Å². The number of rotatable bonds is 4. The highest BCUT2D eigenvalue weighted by Gasteiger charge is 2.42. The average Bonchev–Trinajstić information content (AvgIpc) is 3.03. The Labute approximate surface area is 154 Å². The van der Waals surface area contributed by atoms with E-state index in [0.717, 1.165) is 0 Å². The summed E-state index contributed by atoms with van der Waals surface area (Å²) in [5, 5.41) is -0.254. The molecule has 0 saturated carbocycles. The minimum absolute atomic E-state index is 0.00505. The predicted molar refractivity (Wildman–Crippen MR) is 96.8 cm³/mol. The monoisotopic (exact) mass is 387 g/mol. The van der Waals surface area contributed by atoms with Gasteiger partial charge in [0.05, 0.1) is 17.2 Å². The van der Waals surface area contributed by atoms with Crippen molar-refractivity contribution in [3.05, 3.63) is 53.3 Å². The lowest BCUT2D eigenvalue weighted by Crippen LogP contribution is -2.58. The number of hydrogen-bond acceptors (Lipinski definition) is 6. The molecule has 27 heavy (non-hydrogen) atoms. The van der Waals surface area contributed by atoms with Crippen LogP contribution in [0.25, 0.3) is 10.9 Å². The highest BCUT2D eigenvalue weighted by molar-refractivity contribution is 7.92. The van der Waals surface area contributed by atoms with Crippen LogP contribution in [0, 0.1) is 0 Å². The third kappa shape index (κ3) is 2.91. The number of nitrogens with zero attached hydrogens (tertiary/aromatic N) is 5. The standard InChI is InChI=1S/C17H17N5O4S/c1-20-7-6-18-17(20)27(25,26)12-8-21(9-12)15(23)10-22-11-19-14-5-3-2-4-13(14)16(22)24/h2-7,11-12H,8-10H2,1H3. The first kappa shape index (κ1) is 17.4. The maximum atomic E-state index is 12.5. The third-order valence-electron chi connectivity index (χ3n) is 4.71. The molecule has 140 valence electrons. The minimum Gasteiger partial charge on any atom is -0.338 e. The number of para-hydroxylation sites is 1. The number of aromatic nitrogens is 4. The van der Waals surface area contributed by atoms with Crippen molar-refractivity contribution in [2.24, 2.45) is 7.05 Å². The van der Waals surface area contributed by atoms with E-state index in [1.165, 1.54) is 26.6 Å². The van der Waals surface area contributed by atoms with Crippen LogP contribution in [0.5, 0.6) is 0 Å². The molecule has 10 heteroatoms. The zero-order chi connectivity index (χ0) is 19.2. The summed E-state index contributed by atoms with van der Waals surface area (Å²) >= 11 is 0. The summed E-state index contributed by atoms with van der Waals surface area (Å²) in [7, 11) is -1.98. The zero-order valence-corrected chi connectivity index (χ0v) is 15.3. The van der Waals surface area contributed by atoms with Crippen molar-refractivity contribution in [3.63, 3.8) is 0 Å². The summed E-state index contributed by atoms with van der Waals surface area (Å²) in [5.41, 5.74) is 0.267. The molecule has 0 radical (unpaired) electrons. The van der Waals surface area contributed by atoms with E-state index in [2.05, 4.69) is 9.97 Å². The first-order chi connectivity index (χ1) is 12.9. The van der Waals surface area contributed by atoms with Gasteiger partial charge in [-0.15, -0.1) is 0 Å². The van der Waals surface area contributed by atoms with Crippen LogP contribution >= 0.6 is 0 Å². The van der Waals surface area contributed by atoms with Crippen LogP contribution in [0.1, 0.15) is 0 Å². The van der Waals surface area contributed by atoms with Crippen molar-refractivity contribution in [1.82, 2.24) is 24.0 Å². The Kier molecular flexibility index (Phi) is 4.06. The molecule has 0 unspecified atom stereocenters. The second-order valence-electron chi connectivity index (χ2n) is 6.48. The summed E-state index contributed by atoms with van der Waals surface area (Å²) in [5.74, 6) is -0.319. The lowest BCUT2D eigenvalue weighted by molar-refractivity contribution is -0.135. The molecular weight excluding hydrogens is 370 g/mol. The first-order valence-electron chi connectivity index (χ1n) is 8.31. The smallest absolute Gasteiger partial charge is 0.261 e. The second kappa shape index (κ2) is 6.31. The highest BCUT2D eigenvalue weighted by atomic mass is 32.2. The summed E-state index contributed by atoms with van der Waals surface area (Å²) in [6, 6.07) is 6.91. The van der Waals surface area contributed by atoms with E-state index in [9.17, 15) is 18.0 Å². The Morgan fingerprint density at radius 2 is 1.96 bits per heavy atom. The fraction of sp³-hybridized carbons (Fsp3) is 0.294. The molecule has 3 heterocycles. The number of hydrogen-bond donors (Lipinski definition) is 0. The van der Waals surface area contributed by atoms with Gasteiger partial charge in [0.25, 0.3) is 5.56 Å². The first-order valence-corrected chi connectivity index (χ1v) is 9.86. The van der Waals surface area contributed by atoms with Crippen molar-refractivity contribution in [3.8, 4) is 0 Å². The number of sulfone groups is 1. The van der Waals surface area contributed by atoms with E-state index in [1.54, 1.807) is 37.5 Å². The van der Waals surface area contributed by atoms with Crippen molar-refractivity contribution in [2.45, 2.75) is 17.0 Å². The Hall–Kier alpha value is -3.01. The minimum atomic E-state index is -3.59. The maximum absolute atomic E-state index is 12.5. The molecule has 0 aliphatic carbocycles. The molecule has 0 bridgehead atoms. The Morgan fingerprint density at radius 1 is 1.22 bits per heavy atom. The van der Waals surface area contributed by atoms with Crippen LogP contribution in [0.2, 0.25) is 0 Å². The van der Waals surface area contributed by atoms with Gasteiger partial charge < -0.3 is 9.47 Å². The van der Waals surface area contributed by atoms with Crippen LogP contribution in [-0.2, 0) is 28.2 Å². The Bertz CT molecular complexity index is 1190. The van der Waals surface area contributed by atoms with E-state index in [0.29, 0.717) is 10.9 Å². The molecule has 0 N–H and O–H groups in total. The van der Waals surface area contributed by atoms with Crippen molar-refractivity contribution < 1.29 is 13.2 Å². The van der Waals surface area contributed by atoms with E-state index >= 15 is 0 Å². The molecule has 1 saturated heterocycles. The molecule has 1 aromatic carbocycles. The molecule has 4 rings (SSSR count). The highest BCUT2D eigenvalue weighted by Crippen LogP contribution is 2.22. The van der Waals surface area contributed by atoms with Crippen LogP contribution in [0.4, 0.5) is 0 Å². The number of carbonyl (C=O) groups excluding carboxylic acids is 1. The molecule has 0 atom stereocenters. The lowest BCUT2D eigenvalue weighted by Gasteiger charge is -2.38. The molecule has 3 aromatic rings. The van der Waals surface area contributed by atoms with Crippen molar-refractivity contribution in [1.29, 1.82) is 0 Å². The molecule has 1 amide bonds. The summed E-state index contributed by atoms with van der Waals surface area (Å²) in [6.07, 6.45) is 4.33. The van der Waals surface area contributed by atoms with Crippen LogP contribution < -0.4 is 5.56 Å². The van der Waals surface area contributed by atoms with Gasteiger partial charge in [-0.25, -0.2) is 18.4 Å². The number of carbonyl (C=O) groups is 1. The van der Waals surface area contributed by atoms with Gasteiger partial charge in [-0.05, 0) is 12.1 Å². The quantitative estimate of drug-likeness (QED) is 0.614. The van der Waals surface area contributed by atoms with Gasteiger partial charge in [-0.2, -0.15) is 0 Å². The van der Waals surface area contributed by atoms with Crippen LogP contribution in [0.3, 0.4) is 0 Å². The number of likely N-dealkylation sites (tertiary alicyclic amines) is 1. The number of fused-ring (bicyclic) bond motifs is 1. The lowest BCUT2D eigenvalue weighted by atomic mass is 10.2. The molecule has 1 aliphatic heterocycles. The van der Waals surface area contributed by atoms with Gasteiger partial charge in [0.1, 0.15) is 11.8 Å². The van der Waals surface area contributed by atoms with Gasteiger partial charge in [0.2, 0.25) is 20.9 Å². The summed E-state index contributed by atoms with van der Waals surface area (Å²) in [4.78, 5) is 34.4. The molecule has 9 nitrogen and oxygen atoms in total. The second-order valence-corrected chi connectivity index (χ2v) is 8.60. The number of benzene rings is 1. The fourth-order valence-corrected chi connectivity index (χ4v) is 4.80. The largest absolute Gasteiger partial charge is 0.338 e. The summed E-state index contributed by atoms with van der Waals surface area (Å²) in [6.45, 7) is -0.000581. The molecule has 1 fully saturated rings. The van der Waals surface area contributed by atoms with E-state index in [4.69, 9.17) is 0 Å². The van der Waals surface area contributed by atoms with Gasteiger partial charge in [-0.3, -0.25) is 14.2 Å². The zero-order valence-electron chi connectivity index (χ0n) is 14.5. The van der Waals surface area contributed by atoms with Gasteiger partial charge in [0, 0.05) is 32.5 Å². The van der Waals surface area contributed by atoms with Crippen LogP contribution in [-0.4, -0.2) is 56.7 Å². The van der Waals surface area contributed by atoms with Gasteiger partial charge >= 0.3 is 0 Å². The topological polar surface area (TPSA) is 107 Å². The average molecular weight is 387 g/mol. The van der Waals surface area contributed by atoms with E-state index in [-0.39, 0.29) is 36.3 Å². The Morgan fingerprint density at radius 3 is 2.67 bits per heavy atom. The predicted octanol–water partition coefficient (Wildman–Crippen LogP) is -0.185. The molecule has 2 aromatic heterocycles. The number of aryl methyl sites for hydroxylation is 1. The maximum Gasteiger partial charge on any atom is 0.261 e. The Balaban J connectivity index is 1.47. The number of imidazole rings is 1. The molecular formula is C17H17N5O4S. The summed E-state index contributed by atoms with van der Waals surface area (Å²) < 4.78 is 27.8. The van der Waals surface area contributed by atoms with Crippen LogP contribution in [0.15, 0.2) is 52.9 Å².